The summed E-state index contributed by atoms with van der Waals surface area (Å²) in [4.78, 5) is 5.06. The molecule has 1 spiro atoms. The molecule has 2 aliphatic rings. The van der Waals surface area contributed by atoms with E-state index in [-0.39, 0.29) is 5.60 Å². The molecular weight excluding hydrogens is 336 g/mol. The smallest absolute Gasteiger partial charge is 0.118 e. The lowest BCUT2D eigenvalue weighted by Gasteiger charge is -2.47. The molecule has 144 valence electrons. The van der Waals surface area contributed by atoms with Gasteiger partial charge in [-0.3, -0.25) is 4.90 Å². The van der Waals surface area contributed by atoms with E-state index < -0.39 is 0 Å². The summed E-state index contributed by atoms with van der Waals surface area (Å²) in [5, 5.41) is 9.94. The quantitative estimate of drug-likeness (QED) is 0.881. The molecule has 4 nitrogen and oxygen atoms in total. The molecule has 0 saturated carbocycles. The van der Waals surface area contributed by atoms with Crippen LogP contribution < -0.4 is 0 Å². The van der Waals surface area contributed by atoms with Gasteiger partial charge in [0.25, 0.3) is 0 Å². The van der Waals surface area contributed by atoms with Crippen LogP contribution in [0.5, 0.6) is 5.75 Å². The van der Waals surface area contributed by atoms with Gasteiger partial charge < -0.3 is 14.7 Å². The summed E-state index contributed by atoms with van der Waals surface area (Å²) in [7, 11) is 0. The van der Waals surface area contributed by atoms with E-state index in [2.05, 4.69) is 40.1 Å². The van der Waals surface area contributed by atoms with E-state index in [1.54, 1.807) is 6.07 Å². The normalized spacial score (nSPS) is 20.7. The lowest BCUT2D eigenvalue weighted by atomic mass is 9.89. The summed E-state index contributed by atoms with van der Waals surface area (Å²) in [5.41, 5.74) is 2.45. The Kier molecular flexibility index (Phi) is 5.77. The minimum Gasteiger partial charge on any atom is -0.508 e. The predicted octanol–water partition coefficient (Wildman–Crippen LogP) is 3.30. The number of morpholine rings is 1. The van der Waals surface area contributed by atoms with E-state index in [0.29, 0.717) is 5.75 Å². The van der Waals surface area contributed by atoms with Crippen LogP contribution in [0.25, 0.3) is 0 Å². The lowest BCUT2D eigenvalue weighted by molar-refractivity contribution is -0.137. The molecule has 0 unspecified atom stereocenters. The Labute approximate surface area is 162 Å². The highest BCUT2D eigenvalue weighted by atomic mass is 16.5. The Morgan fingerprint density at radius 1 is 0.889 bits per heavy atom. The summed E-state index contributed by atoms with van der Waals surface area (Å²) in [6, 6.07) is 18.4. The van der Waals surface area contributed by atoms with Crippen LogP contribution in [-0.2, 0) is 17.7 Å². The lowest BCUT2D eigenvalue weighted by Crippen LogP contribution is -2.56. The number of hydrogen-bond donors (Lipinski definition) is 1. The zero-order valence-electron chi connectivity index (χ0n) is 16.0. The van der Waals surface area contributed by atoms with Crippen LogP contribution in [0.1, 0.15) is 24.0 Å². The fourth-order valence-electron chi connectivity index (χ4n) is 4.39. The number of benzene rings is 2. The first-order chi connectivity index (χ1) is 13.2. The van der Waals surface area contributed by atoms with Gasteiger partial charge in [-0.25, -0.2) is 0 Å². The van der Waals surface area contributed by atoms with Gasteiger partial charge in [-0.05, 0) is 36.5 Å². The van der Waals surface area contributed by atoms with Crippen molar-refractivity contribution in [2.24, 2.45) is 0 Å². The Hall–Kier alpha value is -1.88. The summed E-state index contributed by atoms with van der Waals surface area (Å²) in [6.45, 7) is 7.07. The zero-order valence-corrected chi connectivity index (χ0v) is 16.0. The minimum absolute atomic E-state index is 0.0262. The number of ether oxygens (including phenoxy) is 1. The van der Waals surface area contributed by atoms with Gasteiger partial charge in [0.15, 0.2) is 0 Å². The molecule has 2 heterocycles. The number of rotatable bonds is 5. The molecule has 2 aromatic rings. The van der Waals surface area contributed by atoms with Crippen LogP contribution in [-0.4, -0.2) is 59.8 Å². The molecule has 0 radical (unpaired) electrons. The number of hydrogen-bond acceptors (Lipinski definition) is 4. The molecule has 2 aromatic carbocycles. The van der Waals surface area contributed by atoms with Crippen LogP contribution in [0, 0.1) is 0 Å². The predicted molar refractivity (Wildman–Crippen MR) is 108 cm³/mol. The Morgan fingerprint density at radius 2 is 1.63 bits per heavy atom. The van der Waals surface area contributed by atoms with Crippen LogP contribution in [0.15, 0.2) is 54.6 Å². The fourth-order valence-corrected chi connectivity index (χ4v) is 4.39. The highest BCUT2D eigenvalue weighted by Gasteiger charge is 2.39. The summed E-state index contributed by atoms with van der Waals surface area (Å²) >= 11 is 0. The maximum Gasteiger partial charge on any atom is 0.118 e. The molecule has 0 atom stereocenters. The first-order valence-electron chi connectivity index (χ1n) is 10.1. The fraction of sp³-hybridized carbons (Fsp3) is 0.478. The third-order valence-corrected chi connectivity index (χ3v) is 6.03. The number of likely N-dealkylation sites (tertiary alicyclic amines) is 1. The van der Waals surface area contributed by atoms with E-state index in [0.717, 1.165) is 70.7 Å². The molecule has 4 rings (SSSR count). The number of phenols is 1. The SMILES string of the molecule is Oc1ccccc1CCN1CCC2(CC1)CN(Cc1ccccc1)CCO2. The van der Waals surface area contributed by atoms with Gasteiger partial charge in [-0.15, -0.1) is 0 Å². The number of aromatic hydroxyl groups is 1. The molecule has 1 N–H and O–H groups in total. The molecule has 4 heteroatoms. The van der Waals surface area contributed by atoms with Gasteiger partial charge in [0, 0.05) is 39.3 Å². The van der Waals surface area contributed by atoms with E-state index in [1.807, 2.05) is 18.2 Å². The topological polar surface area (TPSA) is 35.9 Å². The van der Waals surface area contributed by atoms with E-state index in [9.17, 15) is 5.11 Å². The van der Waals surface area contributed by atoms with E-state index >= 15 is 0 Å². The first-order valence-corrected chi connectivity index (χ1v) is 10.1. The van der Waals surface area contributed by atoms with Gasteiger partial charge in [0.05, 0.1) is 12.2 Å². The van der Waals surface area contributed by atoms with Crippen LogP contribution in [0.3, 0.4) is 0 Å². The Morgan fingerprint density at radius 3 is 2.41 bits per heavy atom. The van der Waals surface area contributed by atoms with Crippen molar-refractivity contribution in [3.8, 4) is 5.75 Å². The molecule has 27 heavy (non-hydrogen) atoms. The molecule has 2 aliphatic heterocycles. The monoisotopic (exact) mass is 366 g/mol. The third-order valence-electron chi connectivity index (χ3n) is 6.03. The van der Waals surface area contributed by atoms with Crippen LogP contribution in [0.2, 0.25) is 0 Å². The van der Waals surface area contributed by atoms with Crippen molar-refractivity contribution < 1.29 is 9.84 Å². The van der Waals surface area contributed by atoms with Crippen molar-refractivity contribution in [3.05, 3.63) is 65.7 Å². The van der Waals surface area contributed by atoms with Crippen molar-refractivity contribution in [3.63, 3.8) is 0 Å². The van der Waals surface area contributed by atoms with Crippen molar-refractivity contribution in [1.82, 2.24) is 9.80 Å². The summed E-state index contributed by atoms with van der Waals surface area (Å²) < 4.78 is 6.30. The number of nitrogens with zero attached hydrogens (tertiary/aromatic N) is 2. The Balaban J connectivity index is 1.28. The molecule has 0 bridgehead atoms. The summed E-state index contributed by atoms with van der Waals surface area (Å²) in [6.07, 6.45) is 3.10. The van der Waals surface area contributed by atoms with Crippen molar-refractivity contribution in [2.75, 3.05) is 39.3 Å². The molecule has 0 aliphatic carbocycles. The van der Waals surface area contributed by atoms with E-state index in [4.69, 9.17) is 4.74 Å². The number of phenolic OH excluding ortho intramolecular Hbond substituents is 1. The Bertz CT molecular complexity index is 726. The van der Waals surface area contributed by atoms with Crippen LogP contribution >= 0.6 is 0 Å². The number of piperidine rings is 1. The maximum atomic E-state index is 9.94. The highest BCUT2D eigenvalue weighted by molar-refractivity contribution is 5.31. The largest absolute Gasteiger partial charge is 0.508 e. The first kappa shape index (κ1) is 18.5. The second-order valence-electron chi connectivity index (χ2n) is 7.95. The minimum atomic E-state index is 0.0262. The molecule has 2 fully saturated rings. The van der Waals surface area contributed by atoms with Gasteiger partial charge in [0.1, 0.15) is 5.75 Å². The zero-order chi connectivity index (χ0) is 18.5. The summed E-state index contributed by atoms with van der Waals surface area (Å²) in [5.74, 6) is 0.415. The number of para-hydroxylation sites is 1. The molecule has 2 saturated heterocycles. The van der Waals surface area contributed by atoms with Crippen molar-refractivity contribution in [2.45, 2.75) is 31.4 Å². The highest BCUT2D eigenvalue weighted by Crippen LogP contribution is 2.31. The van der Waals surface area contributed by atoms with E-state index in [1.165, 1.54) is 5.56 Å². The third kappa shape index (κ3) is 4.70. The van der Waals surface area contributed by atoms with Crippen molar-refractivity contribution in [1.29, 1.82) is 0 Å². The average Bonchev–Trinajstić information content (AvgIpc) is 2.70. The maximum absolute atomic E-state index is 9.94. The second-order valence-corrected chi connectivity index (χ2v) is 7.95. The second kappa shape index (κ2) is 8.42. The average molecular weight is 367 g/mol. The molecule has 0 aromatic heterocycles. The standard InChI is InChI=1S/C23H30N2O2/c26-22-9-5-4-8-21(22)10-13-24-14-11-23(12-15-24)19-25(16-17-27-23)18-20-6-2-1-3-7-20/h1-9,26H,10-19H2. The molecular formula is C23H30N2O2. The van der Waals surface area contributed by atoms with Gasteiger partial charge in [0.2, 0.25) is 0 Å². The van der Waals surface area contributed by atoms with Crippen LogP contribution in [0.4, 0.5) is 0 Å². The van der Waals surface area contributed by atoms with Crippen molar-refractivity contribution >= 4 is 0 Å². The van der Waals surface area contributed by atoms with Gasteiger partial charge >= 0.3 is 0 Å². The molecule has 0 amide bonds. The van der Waals surface area contributed by atoms with Gasteiger partial charge in [-0.1, -0.05) is 48.5 Å². The van der Waals surface area contributed by atoms with Gasteiger partial charge in [-0.2, -0.15) is 0 Å².